The lowest BCUT2D eigenvalue weighted by Crippen LogP contribution is -2.37. The van der Waals surface area contributed by atoms with Crippen LogP contribution in [0.15, 0.2) is 24.3 Å². The second-order valence-electron chi connectivity index (χ2n) is 4.31. The molecule has 106 valence electrons. The minimum Gasteiger partial charge on any atom is -0.480 e. The van der Waals surface area contributed by atoms with Crippen molar-refractivity contribution in [3.05, 3.63) is 29.8 Å². The Balaban J connectivity index is 2.66. The normalized spacial score (nSPS) is 10.1. The topological polar surface area (TPSA) is 93.4 Å². The predicted molar refractivity (Wildman–Crippen MR) is 74.2 cm³/mol. The quantitative estimate of drug-likeness (QED) is 0.782. The Labute approximate surface area is 117 Å². The van der Waals surface area contributed by atoms with Crippen LogP contribution in [0.2, 0.25) is 0 Å². The number of amides is 1. The molecule has 1 amide bonds. The Kier molecular flexibility index (Phi) is 6.20. The van der Waals surface area contributed by atoms with Gasteiger partial charge in [-0.3, -0.25) is 14.5 Å². The first-order valence-corrected chi connectivity index (χ1v) is 6.30. The Morgan fingerprint density at radius 1 is 1.35 bits per heavy atom. The molecule has 1 aromatic carbocycles. The maximum Gasteiger partial charge on any atom is 0.317 e. The average molecular weight is 275 g/mol. The van der Waals surface area contributed by atoms with E-state index in [0.29, 0.717) is 17.8 Å². The Hall–Kier alpha value is -2.39. The molecule has 1 aromatic rings. The molecule has 0 heterocycles. The number of rotatable bonds is 7. The van der Waals surface area contributed by atoms with E-state index in [1.54, 1.807) is 29.2 Å². The number of benzene rings is 1. The SMILES string of the molecule is CCCN(CC(=O)O)CC(=O)Nc1ccccc1C#N. The third-order valence-corrected chi connectivity index (χ3v) is 2.59. The molecule has 0 unspecified atom stereocenters. The summed E-state index contributed by atoms with van der Waals surface area (Å²) < 4.78 is 0. The number of hydrogen-bond donors (Lipinski definition) is 2. The Bertz CT molecular complexity index is 523. The highest BCUT2D eigenvalue weighted by Crippen LogP contribution is 2.13. The van der Waals surface area contributed by atoms with Crippen molar-refractivity contribution < 1.29 is 14.7 Å². The van der Waals surface area contributed by atoms with Crippen molar-refractivity contribution in [1.29, 1.82) is 5.26 Å². The summed E-state index contributed by atoms with van der Waals surface area (Å²) >= 11 is 0. The number of hydrogen-bond acceptors (Lipinski definition) is 4. The van der Waals surface area contributed by atoms with E-state index in [0.717, 1.165) is 6.42 Å². The van der Waals surface area contributed by atoms with Crippen molar-refractivity contribution in [3.63, 3.8) is 0 Å². The molecule has 0 radical (unpaired) electrons. The summed E-state index contributed by atoms with van der Waals surface area (Å²) in [7, 11) is 0. The molecule has 0 atom stereocenters. The van der Waals surface area contributed by atoms with Gasteiger partial charge in [0, 0.05) is 0 Å². The molecule has 6 nitrogen and oxygen atoms in total. The number of nitrogens with zero attached hydrogens (tertiary/aromatic N) is 2. The van der Waals surface area contributed by atoms with Gasteiger partial charge in [-0.05, 0) is 25.1 Å². The summed E-state index contributed by atoms with van der Waals surface area (Å²) in [4.78, 5) is 24.1. The van der Waals surface area contributed by atoms with Crippen molar-refractivity contribution >= 4 is 17.6 Å². The Morgan fingerprint density at radius 2 is 2.05 bits per heavy atom. The Morgan fingerprint density at radius 3 is 2.65 bits per heavy atom. The highest BCUT2D eigenvalue weighted by Gasteiger charge is 2.14. The van der Waals surface area contributed by atoms with Gasteiger partial charge >= 0.3 is 5.97 Å². The van der Waals surface area contributed by atoms with Crippen molar-refractivity contribution in [1.82, 2.24) is 4.90 Å². The van der Waals surface area contributed by atoms with Crippen LogP contribution < -0.4 is 5.32 Å². The first-order valence-electron chi connectivity index (χ1n) is 6.30. The van der Waals surface area contributed by atoms with Crippen LogP contribution in [0.25, 0.3) is 0 Å². The summed E-state index contributed by atoms with van der Waals surface area (Å²) in [5.41, 5.74) is 0.813. The molecule has 0 aliphatic rings. The van der Waals surface area contributed by atoms with Crippen LogP contribution in [0.5, 0.6) is 0 Å². The summed E-state index contributed by atoms with van der Waals surface area (Å²) in [5.74, 6) is -1.30. The first kappa shape index (κ1) is 15.7. The molecule has 6 heteroatoms. The maximum absolute atomic E-state index is 11.9. The lowest BCUT2D eigenvalue weighted by molar-refractivity contribution is -0.138. The number of carbonyl (C=O) groups excluding carboxylic acids is 1. The van der Waals surface area contributed by atoms with Gasteiger partial charge in [0.1, 0.15) is 6.07 Å². The van der Waals surface area contributed by atoms with Gasteiger partial charge in [0.2, 0.25) is 5.91 Å². The first-order chi connectivity index (χ1) is 9.56. The number of nitriles is 1. The van der Waals surface area contributed by atoms with Gasteiger partial charge < -0.3 is 10.4 Å². The summed E-state index contributed by atoms with van der Waals surface area (Å²) in [6, 6.07) is 8.66. The maximum atomic E-state index is 11.9. The molecule has 0 aliphatic carbocycles. The largest absolute Gasteiger partial charge is 0.480 e. The third-order valence-electron chi connectivity index (χ3n) is 2.59. The average Bonchev–Trinajstić information content (AvgIpc) is 2.38. The van der Waals surface area contributed by atoms with E-state index >= 15 is 0 Å². The van der Waals surface area contributed by atoms with Crippen LogP contribution in [0.4, 0.5) is 5.69 Å². The molecule has 0 aromatic heterocycles. The molecule has 0 saturated carbocycles. The van der Waals surface area contributed by atoms with Gasteiger partial charge in [0.05, 0.1) is 24.3 Å². The second-order valence-corrected chi connectivity index (χ2v) is 4.31. The van der Waals surface area contributed by atoms with E-state index in [2.05, 4.69) is 5.32 Å². The number of carboxylic acids is 1. The van der Waals surface area contributed by atoms with E-state index in [1.807, 2.05) is 13.0 Å². The number of anilines is 1. The number of carboxylic acid groups (broad SMARTS) is 1. The molecule has 0 spiro atoms. The van der Waals surface area contributed by atoms with Gasteiger partial charge in [-0.1, -0.05) is 19.1 Å². The van der Waals surface area contributed by atoms with Crippen LogP contribution in [0.1, 0.15) is 18.9 Å². The monoisotopic (exact) mass is 275 g/mol. The minimum absolute atomic E-state index is 0.0140. The van der Waals surface area contributed by atoms with Crippen molar-refractivity contribution in [3.8, 4) is 6.07 Å². The smallest absolute Gasteiger partial charge is 0.317 e. The third kappa shape index (κ3) is 5.08. The summed E-state index contributed by atoms with van der Waals surface area (Å²) in [6.45, 7) is 2.25. The summed E-state index contributed by atoms with van der Waals surface area (Å²) in [6.07, 6.45) is 0.759. The molecule has 0 bridgehead atoms. The fraction of sp³-hybridized carbons (Fsp3) is 0.357. The van der Waals surface area contributed by atoms with Crippen molar-refractivity contribution in [2.75, 3.05) is 25.0 Å². The van der Waals surface area contributed by atoms with E-state index in [9.17, 15) is 9.59 Å². The van der Waals surface area contributed by atoms with Crippen molar-refractivity contribution in [2.45, 2.75) is 13.3 Å². The highest BCUT2D eigenvalue weighted by molar-refractivity contribution is 5.93. The number of carbonyl (C=O) groups is 2. The van der Waals surface area contributed by atoms with Gasteiger partial charge in [0.15, 0.2) is 0 Å². The van der Waals surface area contributed by atoms with Crippen LogP contribution in [0.3, 0.4) is 0 Å². The van der Waals surface area contributed by atoms with Crippen LogP contribution >= 0.6 is 0 Å². The predicted octanol–water partition coefficient (Wildman–Crippen LogP) is 1.29. The van der Waals surface area contributed by atoms with E-state index in [-0.39, 0.29) is 19.0 Å². The van der Waals surface area contributed by atoms with Gasteiger partial charge in [0.25, 0.3) is 0 Å². The summed E-state index contributed by atoms with van der Waals surface area (Å²) in [5, 5.41) is 20.3. The molecule has 2 N–H and O–H groups in total. The fourth-order valence-corrected chi connectivity index (χ4v) is 1.80. The van der Waals surface area contributed by atoms with Gasteiger partial charge in [-0.25, -0.2) is 0 Å². The van der Waals surface area contributed by atoms with Crippen molar-refractivity contribution in [2.24, 2.45) is 0 Å². The zero-order valence-corrected chi connectivity index (χ0v) is 11.3. The molecule has 0 fully saturated rings. The van der Waals surface area contributed by atoms with Gasteiger partial charge in [-0.2, -0.15) is 5.26 Å². The second kappa shape index (κ2) is 7.92. The lowest BCUT2D eigenvalue weighted by atomic mass is 10.2. The zero-order chi connectivity index (χ0) is 15.0. The van der Waals surface area contributed by atoms with Gasteiger partial charge in [-0.15, -0.1) is 0 Å². The van der Waals surface area contributed by atoms with Crippen LogP contribution in [-0.2, 0) is 9.59 Å². The minimum atomic E-state index is -0.969. The fourth-order valence-electron chi connectivity index (χ4n) is 1.80. The number of para-hydroxylation sites is 1. The molecule has 0 aliphatic heterocycles. The molecule has 1 rings (SSSR count). The number of aliphatic carboxylic acids is 1. The van der Waals surface area contributed by atoms with Crippen LogP contribution in [-0.4, -0.2) is 41.5 Å². The zero-order valence-electron chi connectivity index (χ0n) is 11.3. The molecular weight excluding hydrogens is 258 g/mol. The van der Waals surface area contributed by atoms with E-state index in [1.165, 1.54) is 0 Å². The molecular formula is C14H17N3O3. The highest BCUT2D eigenvalue weighted by atomic mass is 16.4. The standard InChI is InChI=1S/C14H17N3O3/c1-2-7-17(10-14(19)20)9-13(18)16-12-6-4-3-5-11(12)8-15/h3-6H,2,7,9-10H2,1H3,(H,16,18)(H,19,20). The van der Waals surface area contributed by atoms with E-state index < -0.39 is 5.97 Å². The molecule has 20 heavy (non-hydrogen) atoms. The van der Waals surface area contributed by atoms with E-state index in [4.69, 9.17) is 10.4 Å². The number of nitrogens with one attached hydrogen (secondary N) is 1. The molecule has 0 saturated heterocycles. The van der Waals surface area contributed by atoms with Crippen LogP contribution in [0, 0.1) is 11.3 Å². The lowest BCUT2D eigenvalue weighted by Gasteiger charge is -2.18.